The van der Waals surface area contributed by atoms with Crippen LogP contribution in [0.4, 0.5) is 17.6 Å². The average Bonchev–Trinajstić information content (AvgIpc) is 3.11. The van der Waals surface area contributed by atoms with Crippen LogP contribution in [0.5, 0.6) is 0 Å². The number of hydrogen-bond acceptors (Lipinski definition) is 0. The highest BCUT2D eigenvalue weighted by Gasteiger charge is 2.38. The Balaban J connectivity index is 1.43. The lowest BCUT2D eigenvalue weighted by Crippen LogP contribution is -2.31. The Morgan fingerprint density at radius 1 is 0.213 bits per heavy atom. The molecule has 228 valence electrons. The fourth-order valence-corrected chi connectivity index (χ4v) is 6.36. The Kier molecular flexibility index (Phi) is 8.01. The van der Waals surface area contributed by atoms with Gasteiger partial charge in [-0.1, -0.05) is 121 Å². The predicted molar refractivity (Wildman–Crippen MR) is 181 cm³/mol. The van der Waals surface area contributed by atoms with Gasteiger partial charge >= 0.3 is 0 Å². The molecule has 0 bridgehead atoms. The van der Waals surface area contributed by atoms with Crippen LogP contribution in [0.25, 0.3) is 33.4 Å². The minimum atomic E-state index is -0.877. The summed E-state index contributed by atoms with van der Waals surface area (Å²) >= 11 is 0. The maximum absolute atomic E-state index is 14.4. The third kappa shape index (κ3) is 5.86. The third-order valence-electron chi connectivity index (χ3n) is 8.76. The lowest BCUT2D eigenvalue weighted by Gasteiger charge is -2.37. The van der Waals surface area contributed by atoms with Crippen LogP contribution < -0.4 is 0 Å². The van der Waals surface area contributed by atoms with Gasteiger partial charge in [0.15, 0.2) is 0 Å². The maximum Gasteiger partial charge on any atom is 0.123 e. The van der Waals surface area contributed by atoms with Crippen molar-refractivity contribution in [3.8, 4) is 33.4 Å². The largest absolute Gasteiger partial charge is 0.207 e. The summed E-state index contributed by atoms with van der Waals surface area (Å²) < 4.78 is 55.4. The molecule has 0 aliphatic rings. The second-order valence-corrected chi connectivity index (χ2v) is 11.5. The molecular weight excluding hydrogens is 592 g/mol. The zero-order valence-electron chi connectivity index (χ0n) is 25.2. The number of benzene rings is 7. The molecule has 0 fully saturated rings. The van der Waals surface area contributed by atoms with Crippen molar-refractivity contribution < 1.29 is 17.6 Å². The van der Waals surface area contributed by atoms with E-state index < -0.39 is 5.41 Å². The molecule has 0 saturated heterocycles. The highest BCUT2D eigenvalue weighted by atomic mass is 19.1. The summed E-state index contributed by atoms with van der Waals surface area (Å²) in [5, 5.41) is 0. The minimum absolute atomic E-state index is 0.297. The first-order valence-electron chi connectivity index (χ1n) is 15.3. The van der Waals surface area contributed by atoms with E-state index in [1.165, 1.54) is 48.5 Å². The monoisotopic (exact) mass is 620 g/mol. The van der Waals surface area contributed by atoms with Gasteiger partial charge in [-0.25, -0.2) is 17.6 Å². The highest BCUT2D eigenvalue weighted by Crippen LogP contribution is 2.46. The van der Waals surface area contributed by atoms with Crippen LogP contribution in [0.2, 0.25) is 0 Å². The van der Waals surface area contributed by atoms with Crippen LogP contribution >= 0.6 is 0 Å². The molecule has 0 aliphatic heterocycles. The van der Waals surface area contributed by atoms with Crippen molar-refractivity contribution in [3.05, 3.63) is 215 Å². The third-order valence-corrected chi connectivity index (χ3v) is 8.76. The van der Waals surface area contributed by atoms with E-state index in [1.807, 2.05) is 48.5 Å². The second-order valence-electron chi connectivity index (χ2n) is 11.5. The van der Waals surface area contributed by atoms with E-state index in [4.69, 9.17) is 0 Å². The molecule has 0 nitrogen and oxygen atoms in total. The lowest BCUT2D eigenvalue weighted by atomic mass is 9.64. The summed E-state index contributed by atoms with van der Waals surface area (Å²) in [6, 6.07) is 50.2. The van der Waals surface area contributed by atoms with Crippen LogP contribution in [0.1, 0.15) is 22.3 Å². The Morgan fingerprint density at radius 3 is 0.574 bits per heavy atom. The molecule has 0 spiro atoms. The van der Waals surface area contributed by atoms with Crippen LogP contribution in [-0.4, -0.2) is 0 Å². The fourth-order valence-electron chi connectivity index (χ4n) is 6.36. The highest BCUT2D eigenvalue weighted by molar-refractivity contribution is 5.70. The van der Waals surface area contributed by atoms with Gasteiger partial charge in [0.1, 0.15) is 23.3 Å². The number of halogens is 4. The Hall–Kier alpha value is -5.74. The SMILES string of the molecule is Fc1ccc(-c2ccc(C(c3ccc(F)cc3)(c3ccc(-c4ccc(F)cc4)cc3)c3ccc(-c4ccc(F)cc4)cc3)cc2)cc1. The molecule has 47 heavy (non-hydrogen) atoms. The van der Waals surface area contributed by atoms with E-state index in [2.05, 4.69) is 36.4 Å². The molecule has 0 radical (unpaired) electrons. The maximum atomic E-state index is 14.4. The van der Waals surface area contributed by atoms with Gasteiger partial charge in [-0.2, -0.15) is 0 Å². The summed E-state index contributed by atoms with van der Waals surface area (Å²) in [4.78, 5) is 0. The van der Waals surface area contributed by atoms with Crippen molar-refractivity contribution in [3.63, 3.8) is 0 Å². The summed E-state index contributed by atoms with van der Waals surface area (Å²) in [6.07, 6.45) is 0. The summed E-state index contributed by atoms with van der Waals surface area (Å²) in [5.74, 6) is -1.23. The molecule has 0 saturated carbocycles. The van der Waals surface area contributed by atoms with Crippen molar-refractivity contribution in [2.24, 2.45) is 0 Å². The van der Waals surface area contributed by atoms with Gasteiger partial charge in [0, 0.05) is 0 Å². The molecule has 0 aromatic heterocycles. The predicted octanol–water partition coefficient (Wildman–Crippen LogP) is 11.6. The average molecular weight is 621 g/mol. The van der Waals surface area contributed by atoms with Gasteiger partial charge in [-0.05, 0) is 104 Å². The minimum Gasteiger partial charge on any atom is -0.207 e. The summed E-state index contributed by atoms with van der Waals surface area (Å²) in [7, 11) is 0. The topological polar surface area (TPSA) is 0 Å². The van der Waals surface area contributed by atoms with E-state index in [0.717, 1.165) is 55.6 Å². The van der Waals surface area contributed by atoms with Gasteiger partial charge in [-0.3, -0.25) is 0 Å². The quantitative estimate of drug-likeness (QED) is 0.123. The van der Waals surface area contributed by atoms with Crippen molar-refractivity contribution in [1.82, 2.24) is 0 Å². The summed E-state index contributed by atoms with van der Waals surface area (Å²) in [5.41, 5.74) is 8.26. The van der Waals surface area contributed by atoms with Crippen molar-refractivity contribution in [2.75, 3.05) is 0 Å². The van der Waals surface area contributed by atoms with Crippen LogP contribution in [-0.2, 0) is 5.41 Å². The van der Waals surface area contributed by atoms with Crippen molar-refractivity contribution in [1.29, 1.82) is 0 Å². The summed E-state index contributed by atoms with van der Waals surface area (Å²) in [6.45, 7) is 0. The Bertz CT molecular complexity index is 1880. The van der Waals surface area contributed by atoms with Crippen molar-refractivity contribution in [2.45, 2.75) is 5.41 Å². The van der Waals surface area contributed by atoms with E-state index in [0.29, 0.717) is 0 Å². The molecule has 0 N–H and O–H groups in total. The van der Waals surface area contributed by atoms with Gasteiger partial charge in [0.2, 0.25) is 0 Å². The van der Waals surface area contributed by atoms with Gasteiger partial charge < -0.3 is 0 Å². The van der Waals surface area contributed by atoms with Gasteiger partial charge in [-0.15, -0.1) is 0 Å². The van der Waals surface area contributed by atoms with Crippen LogP contribution in [0.3, 0.4) is 0 Å². The fraction of sp³-hybridized carbons (Fsp3) is 0.0233. The van der Waals surface area contributed by atoms with E-state index in [-0.39, 0.29) is 23.3 Å². The molecule has 0 aliphatic carbocycles. The molecule has 7 rings (SSSR count). The Morgan fingerprint density at radius 2 is 0.362 bits per heavy atom. The van der Waals surface area contributed by atoms with E-state index in [1.54, 1.807) is 36.4 Å². The molecule has 0 atom stereocenters. The molecule has 0 amide bonds. The normalized spacial score (nSPS) is 11.4. The molecule has 0 unspecified atom stereocenters. The number of hydrogen-bond donors (Lipinski definition) is 0. The van der Waals surface area contributed by atoms with Gasteiger partial charge in [0.25, 0.3) is 0 Å². The zero-order chi connectivity index (χ0) is 32.4. The van der Waals surface area contributed by atoms with Crippen molar-refractivity contribution >= 4 is 0 Å². The van der Waals surface area contributed by atoms with E-state index in [9.17, 15) is 17.6 Å². The van der Waals surface area contributed by atoms with E-state index >= 15 is 0 Å². The van der Waals surface area contributed by atoms with Crippen LogP contribution in [0, 0.1) is 23.3 Å². The van der Waals surface area contributed by atoms with Crippen LogP contribution in [0.15, 0.2) is 170 Å². The first-order chi connectivity index (χ1) is 22.9. The number of rotatable bonds is 7. The first-order valence-corrected chi connectivity index (χ1v) is 15.3. The molecule has 4 heteroatoms. The second kappa shape index (κ2) is 12.6. The molecule has 7 aromatic rings. The Labute approximate surface area is 271 Å². The zero-order valence-corrected chi connectivity index (χ0v) is 25.2. The smallest absolute Gasteiger partial charge is 0.123 e. The molecule has 0 heterocycles. The molecular formula is C43H28F4. The van der Waals surface area contributed by atoms with Gasteiger partial charge in [0.05, 0.1) is 5.41 Å². The lowest BCUT2D eigenvalue weighted by molar-refractivity contribution is 0.624. The molecule has 7 aromatic carbocycles. The first kappa shape index (κ1) is 29.9. The standard InChI is InChI=1S/C43H28F4/c44-39-21-7-32(8-22-39)29-1-13-35(14-2-29)43(38-19-27-42(47)28-20-38,36-15-3-30(4-16-36)33-9-23-40(45)24-10-33)37-17-5-31(6-18-37)34-11-25-41(46)26-12-34/h1-28H.